The molecule has 4 rings (SSSR count). The van der Waals surface area contributed by atoms with Crippen LogP contribution >= 0.6 is 0 Å². The number of nitrogens with zero attached hydrogens (tertiary/aromatic N) is 2. The molecule has 190 valence electrons. The molecule has 0 aliphatic heterocycles. The van der Waals surface area contributed by atoms with Gasteiger partial charge in [-0.25, -0.2) is 5.43 Å². The van der Waals surface area contributed by atoms with Crippen LogP contribution in [0.15, 0.2) is 70.2 Å². The van der Waals surface area contributed by atoms with E-state index >= 15 is 0 Å². The highest BCUT2D eigenvalue weighted by molar-refractivity contribution is 6.40. The number of anilines is 3. The number of nitrogens with one attached hydrogen (secondary N) is 3. The standard InChI is InChI=1S/C27H27N5O5/c1-16(13-25(33)28-17-9-11-18(12-10-17)32(2)3)30-31-27(35)26(34)29-21-15-23-20(14-24(21)36-4)19-7-5-6-8-22(19)37-23/h5-12,14-15H,13H2,1-4H3,(H,28,33)(H,29,34)(H,31,35)/b30-16+. The van der Waals surface area contributed by atoms with Crippen molar-refractivity contribution in [2.24, 2.45) is 5.10 Å². The van der Waals surface area contributed by atoms with Gasteiger partial charge in [-0.1, -0.05) is 18.2 Å². The van der Waals surface area contributed by atoms with Crippen molar-refractivity contribution in [1.29, 1.82) is 0 Å². The first-order chi connectivity index (χ1) is 17.7. The van der Waals surface area contributed by atoms with Crippen molar-refractivity contribution in [2.75, 3.05) is 36.7 Å². The normalized spacial score (nSPS) is 11.3. The van der Waals surface area contributed by atoms with Crippen molar-refractivity contribution < 1.29 is 23.5 Å². The van der Waals surface area contributed by atoms with Crippen molar-refractivity contribution >= 4 is 62.4 Å². The van der Waals surface area contributed by atoms with Gasteiger partial charge in [0.1, 0.15) is 16.9 Å². The summed E-state index contributed by atoms with van der Waals surface area (Å²) in [7, 11) is 5.32. The molecule has 0 radical (unpaired) electrons. The lowest BCUT2D eigenvalue weighted by Crippen LogP contribution is -2.33. The fourth-order valence-corrected chi connectivity index (χ4v) is 3.71. The molecule has 10 nitrogen and oxygen atoms in total. The van der Waals surface area contributed by atoms with Crippen molar-refractivity contribution in [3.63, 3.8) is 0 Å². The predicted octanol–water partition coefficient (Wildman–Crippen LogP) is 4.12. The molecule has 4 aromatic rings. The van der Waals surface area contributed by atoms with Gasteiger partial charge in [-0.05, 0) is 43.3 Å². The lowest BCUT2D eigenvalue weighted by Gasteiger charge is -2.13. The molecule has 1 aromatic heterocycles. The van der Waals surface area contributed by atoms with Gasteiger partial charge in [0.25, 0.3) is 0 Å². The van der Waals surface area contributed by atoms with Gasteiger partial charge in [0, 0.05) is 48.0 Å². The molecule has 10 heteroatoms. The minimum atomic E-state index is -0.995. The molecular formula is C27H27N5O5. The molecule has 0 aliphatic carbocycles. The number of fused-ring (bicyclic) bond motifs is 3. The van der Waals surface area contributed by atoms with E-state index in [0.29, 0.717) is 28.3 Å². The maximum Gasteiger partial charge on any atom is 0.329 e. The zero-order valence-electron chi connectivity index (χ0n) is 20.9. The van der Waals surface area contributed by atoms with Crippen molar-refractivity contribution in [1.82, 2.24) is 5.43 Å². The Bertz CT molecular complexity index is 1510. The van der Waals surface area contributed by atoms with E-state index in [-0.39, 0.29) is 18.0 Å². The number of benzene rings is 3. The highest BCUT2D eigenvalue weighted by Crippen LogP contribution is 2.36. The minimum Gasteiger partial charge on any atom is -0.495 e. The number of furan rings is 1. The molecule has 0 aliphatic rings. The number of hydrogen-bond donors (Lipinski definition) is 3. The highest BCUT2D eigenvalue weighted by atomic mass is 16.5. The summed E-state index contributed by atoms with van der Waals surface area (Å²) in [5, 5.41) is 10.9. The zero-order valence-corrected chi connectivity index (χ0v) is 20.9. The lowest BCUT2D eigenvalue weighted by atomic mass is 10.1. The van der Waals surface area contributed by atoms with Gasteiger partial charge in [-0.15, -0.1) is 0 Å². The largest absolute Gasteiger partial charge is 0.495 e. The molecule has 3 aromatic carbocycles. The van der Waals surface area contributed by atoms with Gasteiger partial charge in [0.15, 0.2) is 0 Å². The molecule has 37 heavy (non-hydrogen) atoms. The molecule has 0 bridgehead atoms. The molecule has 0 saturated heterocycles. The first-order valence-electron chi connectivity index (χ1n) is 11.5. The Morgan fingerprint density at radius 3 is 2.35 bits per heavy atom. The van der Waals surface area contributed by atoms with Crippen LogP contribution in [0.4, 0.5) is 17.1 Å². The van der Waals surface area contributed by atoms with Crippen molar-refractivity contribution in [3.8, 4) is 5.75 Å². The molecule has 0 unspecified atom stereocenters. The average Bonchev–Trinajstić information content (AvgIpc) is 3.24. The summed E-state index contributed by atoms with van der Waals surface area (Å²) in [6.07, 6.45) is -0.0616. The Morgan fingerprint density at radius 2 is 1.65 bits per heavy atom. The maximum absolute atomic E-state index is 12.5. The van der Waals surface area contributed by atoms with Crippen LogP contribution in [-0.2, 0) is 14.4 Å². The van der Waals surface area contributed by atoms with E-state index in [2.05, 4.69) is 21.2 Å². The monoisotopic (exact) mass is 501 g/mol. The lowest BCUT2D eigenvalue weighted by molar-refractivity contribution is -0.136. The van der Waals surface area contributed by atoms with Crippen LogP contribution in [0.2, 0.25) is 0 Å². The van der Waals surface area contributed by atoms with Crippen LogP contribution in [0.25, 0.3) is 21.9 Å². The summed E-state index contributed by atoms with van der Waals surface area (Å²) in [6.45, 7) is 1.57. The Labute approximate surface area is 213 Å². The Balaban J connectivity index is 1.36. The molecule has 0 fully saturated rings. The van der Waals surface area contributed by atoms with Crippen LogP contribution in [0, 0.1) is 0 Å². The number of rotatable bonds is 7. The number of para-hydroxylation sites is 1. The first kappa shape index (κ1) is 25.2. The average molecular weight is 502 g/mol. The summed E-state index contributed by atoms with van der Waals surface area (Å²) in [5.74, 6) is -1.88. The Hall–Kier alpha value is -4.86. The van der Waals surface area contributed by atoms with E-state index in [1.165, 1.54) is 7.11 Å². The summed E-state index contributed by atoms with van der Waals surface area (Å²) in [4.78, 5) is 39.0. The topological polar surface area (TPSA) is 125 Å². The fourth-order valence-electron chi connectivity index (χ4n) is 3.71. The second-order valence-corrected chi connectivity index (χ2v) is 8.56. The highest BCUT2D eigenvalue weighted by Gasteiger charge is 2.18. The summed E-state index contributed by atoms with van der Waals surface area (Å²) in [6, 6.07) is 18.2. The van der Waals surface area contributed by atoms with Gasteiger partial charge in [0.05, 0.1) is 19.2 Å². The Kier molecular flexibility index (Phi) is 7.38. The van der Waals surface area contributed by atoms with E-state index in [1.807, 2.05) is 55.4 Å². The van der Waals surface area contributed by atoms with Crippen LogP contribution in [-0.4, -0.2) is 44.6 Å². The van der Waals surface area contributed by atoms with Crippen molar-refractivity contribution in [2.45, 2.75) is 13.3 Å². The van der Waals surface area contributed by atoms with Crippen LogP contribution < -0.4 is 25.7 Å². The fraction of sp³-hybridized carbons (Fsp3) is 0.185. The van der Waals surface area contributed by atoms with E-state index < -0.39 is 11.8 Å². The molecule has 0 spiro atoms. The van der Waals surface area contributed by atoms with Gasteiger partial charge >= 0.3 is 11.8 Å². The third-order valence-corrected chi connectivity index (χ3v) is 5.59. The second kappa shape index (κ2) is 10.8. The molecular weight excluding hydrogens is 474 g/mol. The number of hydrogen-bond acceptors (Lipinski definition) is 7. The number of methoxy groups -OCH3 is 1. The third-order valence-electron chi connectivity index (χ3n) is 5.59. The quantitative estimate of drug-likeness (QED) is 0.199. The SMILES string of the molecule is COc1cc2c(cc1NC(=O)C(=O)N/N=C(\C)CC(=O)Nc1ccc(N(C)C)cc1)oc1ccccc12. The number of ether oxygens (including phenoxy) is 1. The molecule has 0 atom stereocenters. The zero-order chi connectivity index (χ0) is 26.5. The van der Waals surface area contributed by atoms with E-state index in [9.17, 15) is 14.4 Å². The first-order valence-corrected chi connectivity index (χ1v) is 11.5. The maximum atomic E-state index is 12.5. The molecule has 1 heterocycles. The van der Waals surface area contributed by atoms with Gasteiger partial charge in [-0.2, -0.15) is 5.10 Å². The summed E-state index contributed by atoms with van der Waals surface area (Å²) >= 11 is 0. The smallest absolute Gasteiger partial charge is 0.329 e. The predicted molar refractivity (Wildman–Crippen MR) is 144 cm³/mol. The van der Waals surface area contributed by atoms with Crippen LogP contribution in [0.5, 0.6) is 5.75 Å². The van der Waals surface area contributed by atoms with Crippen LogP contribution in [0.1, 0.15) is 13.3 Å². The van der Waals surface area contributed by atoms with Crippen LogP contribution in [0.3, 0.4) is 0 Å². The minimum absolute atomic E-state index is 0.0616. The van der Waals surface area contributed by atoms with Gasteiger partial charge in [0.2, 0.25) is 5.91 Å². The van der Waals surface area contributed by atoms with Gasteiger partial charge < -0.3 is 24.7 Å². The molecule has 3 N–H and O–H groups in total. The Morgan fingerprint density at radius 1 is 0.919 bits per heavy atom. The molecule has 0 saturated carbocycles. The van der Waals surface area contributed by atoms with E-state index in [4.69, 9.17) is 9.15 Å². The second-order valence-electron chi connectivity index (χ2n) is 8.56. The van der Waals surface area contributed by atoms with Gasteiger partial charge in [-0.3, -0.25) is 14.4 Å². The summed E-state index contributed by atoms with van der Waals surface area (Å²) < 4.78 is 11.2. The van der Waals surface area contributed by atoms with E-state index in [0.717, 1.165) is 16.5 Å². The molecule has 3 amide bonds. The number of carbonyl (C=O) groups is 3. The number of carbonyl (C=O) groups excluding carboxylic acids is 3. The number of hydrazone groups is 1. The summed E-state index contributed by atoms with van der Waals surface area (Å²) in [5.41, 5.74) is 5.65. The van der Waals surface area contributed by atoms with Crippen molar-refractivity contribution in [3.05, 3.63) is 60.7 Å². The number of amides is 3. The third kappa shape index (κ3) is 5.87. The van der Waals surface area contributed by atoms with E-state index in [1.54, 1.807) is 31.2 Å².